The molecule has 0 aromatic carbocycles. The summed E-state index contributed by atoms with van der Waals surface area (Å²) in [7, 11) is 3.95. The fourth-order valence-electron chi connectivity index (χ4n) is 3.25. The number of aromatic nitrogens is 2. The van der Waals surface area contributed by atoms with Gasteiger partial charge in [-0.15, -0.1) is 0 Å². The lowest BCUT2D eigenvalue weighted by atomic mass is 9.98. The van der Waals surface area contributed by atoms with E-state index in [2.05, 4.69) is 17.0 Å². The summed E-state index contributed by atoms with van der Waals surface area (Å²) in [6.07, 6.45) is 2.99. The molecule has 0 radical (unpaired) electrons. The van der Waals surface area contributed by atoms with Gasteiger partial charge in [0.25, 0.3) is 5.91 Å². The molecule has 1 aromatic heterocycles. The van der Waals surface area contributed by atoms with E-state index in [1.54, 1.807) is 4.68 Å². The molecule has 0 saturated carbocycles. The fourth-order valence-corrected chi connectivity index (χ4v) is 3.25. The second-order valence-electron chi connectivity index (χ2n) is 5.83. The van der Waals surface area contributed by atoms with Crippen molar-refractivity contribution in [1.29, 1.82) is 0 Å². The van der Waals surface area contributed by atoms with Gasteiger partial charge in [0, 0.05) is 32.9 Å². The van der Waals surface area contributed by atoms with E-state index in [1.807, 2.05) is 25.1 Å². The number of likely N-dealkylation sites (tertiary alicyclic amines) is 1. The first-order chi connectivity index (χ1) is 9.56. The molecule has 1 amide bonds. The minimum Gasteiger partial charge on any atom is -0.374 e. The molecule has 2 fully saturated rings. The van der Waals surface area contributed by atoms with E-state index in [0.29, 0.717) is 18.7 Å². The van der Waals surface area contributed by atoms with E-state index < -0.39 is 0 Å². The van der Waals surface area contributed by atoms with E-state index in [1.165, 1.54) is 0 Å². The van der Waals surface area contributed by atoms with E-state index in [-0.39, 0.29) is 18.1 Å². The Kier molecular flexibility index (Phi) is 3.52. The molecule has 0 N–H and O–H groups in total. The Labute approximate surface area is 119 Å². The summed E-state index contributed by atoms with van der Waals surface area (Å²) in [5.41, 5.74) is 1.51. The highest BCUT2D eigenvalue weighted by Gasteiger charge is 2.39. The SMILES string of the molecule is Cc1nn(C)cc1C(=O)N1CCO[C@H]2CCN(C)C[C@@H]21. The molecule has 0 aliphatic carbocycles. The minimum atomic E-state index is 0.0872. The third-order valence-electron chi connectivity index (χ3n) is 4.29. The second kappa shape index (κ2) is 5.18. The Hall–Kier alpha value is -1.40. The van der Waals surface area contributed by atoms with Crippen molar-refractivity contribution in [3.63, 3.8) is 0 Å². The number of piperidine rings is 1. The minimum absolute atomic E-state index is 0.0872. The number of aryl methyl sites for hydroxylation is 2. The van der Waals surface area contributed by atoms with Crippen LogP contribution in [0.15, 0.2) is 6.20 Å². The third kappa shape index (κ3) is 2.33. The number of rotatable bonds is 1. The first kappa shape index (κ1) is 13.6. The summed E-state index contributed by atoms with van der Waals surface area (Å²) in [6, 6.07) is 0.162. The van der Waals surface area contributed by atoms with Crippen molar-refractivity contribution in [1.82, 2.24) is 19.6 Å². The average molecular weight is 278 g/mol. The van der Waals surface area contributed by atoms with Crippen molar-refractivity contribution in [3.8, 4) is 0 Å². The molecule has 0 spiro atoms. The number of likely N-dealkylation sites (N-methyl/N-ethyl adjacent to an activating group) is 1. The van der Waals surface area contributed by atoms with Gasteiger partial charge >= 0.3 is 0 Å². The molecule has 3 rings (SSSR count). The van der Waals surface area contributed by atoms with Crippen LogP contribution in [0.1, 0.15) is 22.5 Å². The highest BCUT2D eigenvalue weighted by molar-refractivity contribution is 5.95. The maximum absolute atomic E-state index is 12.8. The molecule has 6 nitrogen and oxygen atoms in total. The van der Waals surface area contributed by atoms with Gasteiger partial charge in [-0.2, -0.15) is 5.10 Å². The van der Waals surface area contributed by atoms with Crippen LogP contribution in [0.4, 0.5) is 0 Å². The number of fused-ring (bicyclic) bond motifs is 1. The summed E-state index contributed by atoms with van der Waals surface area (Å²) >= 11 is 0. The van der Waals surface area contributed by atoms with Crippen LogP contribution in [0.25, 0.3) is 0 Å². The van der Waals surface area contributed by atoms with Gasteiger partial charge in [-0.05, 0) is 20.4 Å². The van der Waals surface area contributed by atoms with E-state index >= 15 is 0 Å². The molecule has 2 aliphatic heterocycles. The summed E-state index contributed by atoms with van der Waals surface area (Å²) in [5, 5.41) is 4.27. The molecule has 0 unspecified atom stereocenters. The van der Waals surface area contributed by atoms with Gasteiger partial charge in [-0.1, -0.05) is 0 Å². The van der Waals surface area contributed by atoms with Crippen molar-refractivity contribution in [2.24, 2.45) is 7.05 Å². The standard InChI is InChI=1S/C14H22N4O2/c1-10-11(8-17(3)15-10)14(19)18-6-7-20-13-4-5-16(2)9-12(13)18/h8,12-13H,4-7,9H2,1-3H3/t12-,13-/m0/s1. The molecule has 2 saturated heterocycles. The van der Waals surface area contributed by atoms with E-state index in [4.69, 9.17) is 4.74 Å². The summed E-state index contributed by atoms with van der Waals surface area (Å²) < 4.78 is 7.54. The Balaban J connectivity index is 1.84. The Morgan fingerprint density at radius 3 is 2.90 bits per heavy atom. The molecule has 2 atom stereocenters. The van der Waals surface area contributed by atoms with Crippen molar-refractivity contribution < 1.29 is 9.53 Å². The van der Waals surface area contributed by atoms with Gasteiger partial charge in [0.1, 0.15) is 0 Å². The molecule has 3 heterocycles. The summed E-state index contributed by atoms with van der Waals surface area (Å²) in [5.74, 6) is 0.0872. The van der Waals surface area contributed by atoms with Crippen LogP contribution in [0.5, 0.6) is 0 Å². The topological polar surface area (TPSA) is 50.6 Å². The Bertz CT molecular complexity index is 513. The molecule has 2 aliphatic rings. The zero-order chi connectivity index (χ0) is 14.3. The number of carbonyl (C=O) groups is 1. The first-order valence-corrected chi connectivity index (χ1v) is 7.17. The van der Waals surface area contributed by atoms with Crippen LogP contribution in [-0.2, 0) is 11.8 Å². The van der Waals surface area contributed by atoms with Gasteiger partial charge < -0.3 is 14.5 Å². The number of nitrogens with zero attached hydrogens (tertiary/aromatic N) is 4. The quantitative estimate of drug-likeness (QED) is 0.740. The Morgan fingerprint density at radius 2 is 2.20 bits per heavy atom. The Morgan fingerprint density at radius 1 is 1.40 bits per heavy atom. The predicted molar refractivity (Wildman–Crippen MR) is 74.6 cm³/mol. The van der Waals surface area contributed by atoms with Gasteiger partial charge in [-0.25, -0.2) is 0 Å². The van der Waals surface area contributed by atoms with Crippen LogP contribution in [0, 0.1) is 6.92 Å². The van der Waals surface area contributed by atoms with Gasteiger partial charge in [0.2, 0.25) is 0 Å². The number of morpholine rings is 1. The molecular weight excluding hydrogens is 256 g/mol. The summed E-state index contributed by atoms with van der Waals surface area (Å²) in [6.45, 7) is 5.11. The molecule has 110 valence electrons. The van der Waals surface area contributed by atoms with Crippen LogP contribution in [-0.4, -0.2) is 70.9 Å². The van der Waals surface area contributed by atoms with E-state index in [0.717, 1.165) is 25.2 Å². The normalized spacial score (nSPS) is 27.4. The number of hydrogen-bond acceptors (Lipinski definition) is 4. The lowest BCUT2D eigenvalue weighted by molar-refractivity contribution is -0.0870. The monoisotopic (exact) mass is 278 g/mol. The van der Waals surface area contributed by atoms with Crippen LogP contribution in [0.2, 0.25) is 0 Å². The second-order valence-corrected chi connectivity index (χ2v) is 5.83. The van der Waals surface area contributed by atoms with Crippen LogP contribution in [0.3, 0.4) is 0 Å². The zero-order valence-electron chi connectivity index (χ0n) is 12.4. The van der Waals surface area contributed by atoms with Crippen molar-refractivity contribution in [2.75, 3.05) is 33.3 Å². The smallest absolute Gasteiger partial charge is 0.257 e. The first-order valence-electron chi connectivity index (χ1n) is 7.17. The maximum atomic E-state index is 12.8. The highest BCUT2D eigenvalue weighted by atomic mass is 16.5. The summed E-state index contributed by atoms with van der Waals surface area (Å²) in [4.78, 5) is 17.0. The number of carbonyl (C=O) groups excluding carboxylic acids is 1. The molecule has 6 heteroatoms. The molecule has 20 heavy (non-hydrogen) atoms. The van der Waals surface area contributed by atoms with E-state index in [9.17, 15) is 4.79 Å². The van der Waals surface area contributed by atoms with Gasteiger partial charge in [-0.3, -0.25) is 9.48 Å². The highest BCUT2D eigenvalue weighted by Crippen LogP contribution is 2.24. The van der Waals surface area contributed by atoms with Crippen LogP contribution >= 0.6 is 0 Å². The number of ether oxygens (including phenoxy) is 1. The van der Waals surface area contributed by atoms with Crippen molar-refractivity contribution in [3.05, 3.63) is 17.5 Å². The van der Waals surface area contributed by atoms with Gasteiger partial charge in [0.15, 0.2) is 0 Å². The number of hydrogen-bond donors (Lipinski definition) is 0. The third-order valence-corrected chi connectivity index (χ3v) is 4.29. The van der Waals surface area contributed by atoms with Crippen molar-refractivity contribution in [2.45, 2.75) is 25.5 Å². The lowest BCUT2D eigenvalue weighted by Crippen LogP contribution is -2.60. The largest absolute Gasteiger partial charge is 0.374 e. The van der Waals surface area contributed by atoms with Crippen molar-refractivity contribution >= 4 is 5.91 Å². The van der Waals surface area contributed by atoms with Gasteiger partial charge in [0.05, 0.1) is 30.0 Å². The number of amides is 1. The zero-order valence-corrected chi connectivity index (χ0v) is 12.4. The fraction of sp³-hybridized carbons (Fsp3) is 0.714. The average Bonchev–Trinajstić information content (AvgIpc) is 2.76. The predicted octanol–water partition coefficient (Wildman–Crippen LogP) is 0.274. The molecule has 0 bridgehead atoms. The van der Waals surface area contributed by atoms with Crippen LogP contribution < -0.4 is 0 Å². The lowest BCUT2D eigenvalue weighted by Gasteiger charge is -2.46. The molecule has 1 aromatic rings. The molecular formula is C14H22N4O2. The maximum Gasteiger partial charge on any atom is 0.257 e.